The van der Waals surface area contributed by atoms with E-state index in [4.69, 9.17) is 21.3 Å². The van der Waals surface area contributed by atoms with E-state index in [1.54, 1.807) is 22.9 Å². The summed E-state index contributed by atoms with van der Waals surface area (Å²) in [6.45, 7) is 4.54. The van der Waals surface area contributed by atoms with Crippen molar-refractivity contribution in [3.63, 3.8) is 0 Å². The van der Waals surface area contributed by atoms with Gasteiger partial charge in [0.15, 0.2) is 16.4 Å². The van der Waals surface area contributed by atoms with E-state index in [2.05, 4.69) is 15.4 Å². The van der Waals surface area contributed by atoms with E-state index in [1.807, 2.05) is 37.6 Å². The first-order valence-corrected chi connectivity index (χ1v) is 12.6. The molecule has 1 aliphatic rings. The third-order valence-electron chi connectivity index (χ3n) is 6.11. The van der Waals surface area contributed by atoms with Crippen molar-refractivity contribution in [3.05, 3.63) is 47.0 Å². The second-order valence-electron chi connectivity index (χ2n) is 8.42. The molecule has 1 saturated heterocycles. The number of benzene rings is 1. The van der Waals surface area contributed by atoms with Crippen molar-refractivity contribution in [2.45, 2.75) is 44.2 Å². The van der Waals surface area contributed by atoms with Crippen LogP contribution in [-0.2, 0) is 22.5 Å². The van der Waals surface area contributed by atoms with E-state index in [9.17, 15) is 8.42 Å². The van der Waals surface area contributed by atoms with Crippen LogP contribution in [0.1, 0.15) is 37.0 Å². The summed E-state index contributed by atoms with van der Waals surface area (Å²) >= 11 is 6.37. The number of hydrogen-bond acceptors (Lipinski definition) is 7. The maximum Gasteiger partial charge on any atom is 0.170 e. The molecule has 1 atom stereocenters. The van der Waals surface area contributed by atoms with Gasteiger partial charge in [0.1, 0.15) is 22.7 Å². The Bertz CT molecular complexity index is 1440. The Morgan fingerprint density at radius 1 is 1.12 bits per heavy atom. The Hall–Kier alpha value is -2.95. The van der Waals surface area contributed by atoms with Gasteiger partial charge in [-0.15, -0.1) is 0 Å². The number of halogens is 1. The number of imidazole rings is 1. The van der Waals surface area contributed by atoms with Gasteiger partial charge in [0, 0.05) is 31.0 Å². The normalized spacial score (nSPS) is 16.4. The Morgan fingerprint density at radius 2 is 1.94 bits per heavy atom. The van der Waals surface area contributed by atoms with E-state index < -0.39 is 10.7 Å². The van der Waals surface area contributed by atoms with Gasteiger partial charge in [0.05, 0.1) is 22.0 Å². The minimum absolute atomic E-state index is 0.148. The summed E-state index contributed by atoms with van der Waals surface area (Å²) in [5.41, 5.74) is 4.62. The molecule has 0 saturated carbocycles. The summed E-state index contributed by atoms with van der Waals surface area (Å²) in [6, 6.07) is 8.76. The molecule has 4 heterocycles. The predicted octanol–water partition coefficient (Wildman–Crippen LogP) is 4.52. The summed E-state index contributed by atoms with van der Waals surface area (Å²) < 4.78 is 34.0. The Kier molecular flexibility index (Phi) is 6.05. The van der Waals surface area contributed by atoms with Gasteiger partial charge in [0.2, 0.25) is 0 Å². The van der Waals surface area contributed by atoms with E-state index in [-0.39, 0.29) is 16.3 Å². The highest BCUT2D eigenvalue weighted by Gasteiger charge is 2.23. The van der Waals surface area contributed by atoms with E-state index in [1.165, 1.54) is 0 Å². The number of hydrogen-bond donors (Lipinski definition) is 2. The number of thiol groups is 1. The predicted molar refractivity (Wildman–Crippen MR) is 131 cm³/mol. The maximum atomic E-state index is 12.2. The molecular formula is C23H25ClN6O3S. The van der Waals surface area contributed by atoms with Crippen LogP contribution in [0, 0.1) is 13.8 Å². The van der Waals surface area contributed by atoms with Crippen molar-refractivity contribution in [2.75, 3.05) is 11.9 Å². The van der Waals surface area contributed by atoms with Gasteiger partial charge in [-0.2, -0.15) is 5.10 Å². The van der Waals surface area contributed by atoms with Gasteiger partial charge >= 0.3 is 0 Å². The van der Waals surface area contributed by atoms with Crippen LogP contribution in [0.5, 0.6) is 0 Å². The number of anilines is 2. The zero-order chi connectivity index (χ0) is 24.0. The first kappa shape index (κ1) is 22.8. The van der Waals surface area contributed by atoms with Crippen LogP contribution in [0.25, 0.3) is 22.4 Å². The van der Waals surface area contributed by atoms with Gasteiger partial charge < -0.3 is 10.1 Å². The molecule has 0 amide bonds. The Labute approximate surface area is 203 Å². The van der Waals surface area contributed by atoms with E-state index in [0.717, 1.165) is 36.3 Å². The molecule has 1 aliphatic heterocycles. The van der Waals surface area contributed by atoms with Gasteiger partial charge in [0.25, 0.3) is 0 Å². The highest BCUT2D eigenvalue weighted by Crippen LogP contribution is 2.35. The number of nitrogens with one attached hydrogen (secondary N) is 1. The van der Waals surface area contributed by atoms with Gasteiger partial charge in [-0.1, -0.05) is 17.7 Å². The van der Waals surface area contributed by atoms with Gasteiger partial charge in [-0.05, 0) is 51.3 Å². The molecular weight excluding hydrogens is 476 g/mol. The lowest BCUT2D eigenvalue weighted by Crippen LogP contribution is -2.19. The van der Waals surface area contributed by atoms with Crippen LogP contribution in [0.4, 0.5) is 11.4 Å². The van der Waals surface area contributed by atoms with Crippen LogP contribution in [0.3, 0.4) is 0 Å². The third kappa shape index (κ3) is 4.17. The van der Waals surface area contributed by atoms with Crippen molar-refractivity contribution >= 4 is 44.8 Å². The molecule has 34 heavy (non-hydrogen) atoms. The first-order valence-electron chi connectivity index (χ1n) is 11.0. The molecule has 178 valence electrons. The zero-order valence-corrected chi connectivity index (χ0v) is 20.7. The average Bonchev–Trinajstić information content (AvgIpc) is 3.32. The quantitative estimate of drug-likeness (QED) is 0.307. The smallest absolute Gasteiger partial charge is 0.170 e. The first-order chi connectivity index (χ1) is 16.3. The van der Waals surface area contributed by atoms with E-state index in [0.29, 0.717) is 34.8 Å². The molecule has 0 aliphatic carbocycles. The molecule has 1 unspecified atom stereocenters. The monoisotopic (exact) mass is 500 g/mol. The number of fused-ring (bicyclic) bond motifs is 1. The lowest BCUT2D eigenvalue weighted by atomic mass is 10.1. The second-order valence-corrected chi connectivity index (χ2v) is 9.81. The number of aryl methyl sites for hydroxylation is 3. The third-order valence-corrected chi connectivity index (χ3v) is 7.07. The maximum absolute atomic E-state index is 12.2. The molecule has 1 aromatic carbocycles. The molecule has 0 bridgehead atoms. The largest absolute Gasteiger partial charge is 0.358 e. The summed E-state index contributed by atoms with van der Waals surface area (Å²) in [6.07, 6.45) is 2.83. The van der Waals surface area contributed by atoms with E-state index >= 15 is 0 Å². The van der Waals surface area contributed by atoms with Crippen molar-refractivity contribution in [3.8, 4) is 11.3 Å². The average molecular weight is 501 g/mol. The molecule has 5 rings (SSSR count). The number of aromatic nitrogens is 5. The molecule has 11 heteroatoms. The minimum Gasteiger partial charge on any atom is -0.358 e. The highest BCUT2D eigenvalue weighted by molar-refractivity contribution is 7.72. The Balaban J connectivity index is 1.57. The summed E-state index contributed by atoms with van der Waals surface area (Å²) in [5, 5.41) is 7.96. The second kappa shape index (κ2) is 9.01. The molecule has 0 spiro atoms. The fourth-order valence-electron chi connectivity index (χ4n) is 4.30. The fraction of sp³-hybridized carbons (Fsp3) is 0.348. The number of rotatable bonds is 5. The number of nitrogens with zero attached hydrogens (tertiary/aromatic N) is 5. The highest BCUT2D eigenvalue weighted by atomic mass is 35.5. The van der Waals surface area contributed by atoms with Crippen LogP contribution >= 0.6 is 11.6 Å². The number of ether oxygens (including phenoxy) is 1. The number of pyridine rings is 1. The SMILES string of the molecule is Cc1cc(-c2ccc(Nc3cc(Cl)nc4c3nc(C)n4C3CCCCO3)c([SH](=O)=O)c2)nn1C. The lowest BCUT2D eigenvalue weighted by Gasteiger charge is -2.25. The van der Waals surface area contributed by atoms with Crippen LogP contribution in [0.15, 0.2) is 35.2 Å². The standard InChI is InChI=1S/C23H25ClN6O3S/c1-13-10-17(28-29(13)3)15-7-8-16(19(11-15)34(31)32)26-18-12-20(24)27-23-22(18)25-14(2)30(23)21-6-4-5-9-33-21/h7-8,10-12,21,34H,4-6,9H2,1-3H3,(H,26,27). The molecule has 0 radical (unpaired) electrons. The van der Waals surface area contributed by atoms with Crippen molar-refractivity contribution in [1.82, 2.24) is 24.3 Å². The fourth-order valence-corrected chi connectivity index (χ4v) is 5.06. The van der Waals surface area contributed by atoms with Gasteiger partial charge in [-0.25, -0.2) is 18.4 Å². The molecule has 1 N–H and O–H groups in total. The Morgan fingerprint density at radius 3 is 2.62 bits per heavy atom. The summed E-state index contributed by atoms with van der Waals surface area (Å²) in [4.78, 5) is 9.38. The topological polar surface area (TPSA) is 104 Å². The zero-order valence-electron chi connectivity index (χ0n) is 19.1. The van der Waals surface area contributed by atoms with Crippen LogP contribution in [-0.4, -0.2) is 39.3 Å². The lowest BCUT2D eigenvalue weighted by molar-refractivity contribution is -0.0309. The van der Waals surface area contributed by atoms with Crippen LogP contribution in [0.2, 0.25) is 5.15 Å². The van der Waals surface area contributed by atoms with Crippen molar-refractivity contribution in [2.24, 2.45) is 7.05 Å². The van der Waals surface area contributed by atoms with Crippen LogP contribution < -0.4 is 5.32 Å². The van der Waals surface area contributed by atoms with Crippen molar-refractivity contribution < 1.29 is 13.2 Å². The summed E-state index contributed by atoms with van der Waals surface area (Å²) in [5.74, 6) is 0.760. The van der Waals surface area contributed by atoms with Gasteiger partial charge in [-0.3, -0.25) is 9.25 Å². The molecule has 4 aromatic rings. The molecule has 9 nitrogen and oxygen atoms in total. The molecule has 1 fully saturated rings. The molecule has 3 aromatic heterocycles. The minimum atomic E-state index is -2.87. The van der Waals surface area contributed by atoms with Crippen molar-refractivity contribution in [1.29, 1.82) is 0 Å². The summed E-state index contributed by atoms with van der Waals surface area (Å²) in [7, 11) is -1.02.